The zero-order chi connectivity index (χ0) is 21.4. The third kappa shape index (κ3) is 5.70. The van der Waals surface area contributed by atoms with Gasteiger partial charge in [-0.1, -0.05) is 6.92 Å². The number of aryl methyl sites for hydroxylation is 1. The van der Waals surface area contributed by atoms with Gasteiger partial charge < -0.3 is 18.9 Å². The first-order chi connectivity index (χ1) is 13.9. The van der Waals surface area contributed by atoms with E-state index < -0.39 is 5.97 Å². The lowest BCUT2D eigenvalue weighted by Crippen LogP contribution is -2.45. The number of likely N-dealkylation sites (tertiary alicyclic amines) is 1. The summed E-state index contributed by atoms with van der Waals surface area (Å²) < 4.78 is 12.4. The van der Waals surface area contributed by atoms with E-state index >= 15 is 0 Å². The Labute approximate surface area is 172 Å². The molecule has 0 aromatic carbocycles. The molecule has 1 aromatic rings. The van der Waals surface area contributed by atoms with E-state index in [1.54, 1.807) is 12.0 Å². The largest absolute Gasteiger partial charge is 0.451 e. The molecule has 0 bridgehead atoms. The van der Waals surface area contributed by atoms with Crippen molar-refractivity contribution in [1.29, 1.82) is 5.26 Å². The summed E-state index contributed by atoms with van der Waals surface area (Å²) in [5.74, 6) is -0.965. The molecule has 158 valence electrons. The molecular weight excluding hydrogens is 370 g/mol. The molecule has 0 radical (unpaired) electrons. The van der Waals surface area contributed by atoms with Crippen molar-refractivity contribution < 1.29 is 19.1 Å². The summed E-state index contributed by atoms with van der Waals surface area (Å²) in [5.41, 5.74) is 2.62. The molecule has 2 rings (SSSR count). The summed E-state index contributed by atoms with van der Waals surface area (Å²) in [7, 11) is 1.65. The number of piperidine rings is 1. The number of nitrogens with zero attached hydrogens (tertiary/aromatic N) is 3. The Morgan fingerprint density at radius 2 is 2.10 bits per heavy atom. The predicted molar refractivity (Wildman–Crippen MR) is 110 cm³/mol. The fraction of sp³-hybridized carbons (Fsp3) is 0.591. The third-order valence-corrected chi connectivity index (χ3v) is 5.52. The third-order valence-electron chi connectivity index (χ3n) is 5.52. The molecule has 0 N–H and O–H groups in total. The van der Waals surface area contributed by atoms with E-state index in [9.17, 15) is 14.9 Å². The number of carbonyl (C=O) groups is 2. The van der Waals surface area contributed by atoms with Crippen LogP contribution in [-0.4, -0.2) is 54.3 Å². The minimum atomic E-state index is -0.771. The maximum atomic E-state index is 12.5. The van der Waals surface area contributed by atoms with Gasteiger partial charge in [0.15, 0.2) is 6.61 Å². The summed E-state index contributed by atoms with van der Waals surface area (Å²) in [4.78, 5) is 26.7. The minimum Gasteiger partial charge on any atom is -0.451 e. The summed E-state index contributed by atoms with van der Waals surface area (Å²) in [6.45, 7) is 7.58. The zero-order valence-corrected chi connectivity index (χ0v) is 17.9. The number of rotatable bonds is 8. The molecule has 0 saturated carbocycles. The van der Waals surface area contributed by atoms with Crippen LogP contribution in [0.4, 0.5) is 0 Å². The molecule has 0 spiro atoms. The molecule has 1 amide bonds. The molecule has 29 heavy (non-hydrogen) atoms. The van der Waals surface area contributed by atoms with Crippen molar-refractivity contribution in [3.05, 3.63) is 28.6 Å². The number of methoxy groups -OCH3 is 1. The van der Waals surface area contributed by atoms with Crippen molar-refractivity contribution in [3.63, 3.8) is 0 Å². The Morgan fingerprint density at radius 3 is 2.76 bits per heavy atom. The Morgan fingerprint density at radius 1 is 1.34 bits per heavy atom. The molecular formula is C22H31N3O4. The first kappa shape index (κ1) is 22.7. The van der Waals surface area contributed by atoms with Crippen molar-refractivity contribution in [2.24, 2.45) is 0 Å². The van der Waals surface area contributed by atoms with Gasteiger partial charge in [0.1, 0.15) is 11.6 Å². The van der Waals surface area contributed by atoms with Gasteiger partial charge in [-0.05, 0) is 57.2 Å². The smallest absolute Gasteiger partial charge is 0.349 e. The van der Waals surface area contributed by atoms with Gasteiger partial charge in [-0.25, -0.2) is 4.79 Å². The highest BCUT2D eigenvalue weighted by molar-refractivity contribution is 5.99. The monoisotopic (exact) mass is 401 g/mol. The van der Waals surface area contributed by atoms with Crippen LogP contribution in [0, 0.1) is 25.2 Å². The van der Waals surface area contributed by atoms with Crippen LogP contribution in [0.15, 0.2) is 11.6 Å². The van der Waals surface area contributed by atoms with E-state index in [1.807, 2.05) is 26.0 Å². The Balaban J connectivity index is 2.05. The zero-order valence-electron chi connectivity index (χ0n) is 17.9. The molecule has 1 unspecified atom stereocenters. The molecule has 1 aliphatic rings. The standard InChI is InChI=1S/C22H31N3O4/c1-5-20-8-6-7-9-25(20)21(26)15-29-22(27)19(14-23)13-18-12-16(2)24(17(18)3)10-11-28-4/h12-13,20H,5-11,15H2,1-4H3/b19-13+. The number of carbonyl (C=O) groups excluding carboxylic acids is 2. The molecule has 0 aliphatic carbocycles. The summed E-state index contributed by atoms with van der Waals surface area (Å²) in [6.07, 6.45) is 5.48. The number of hydrogen-bond donors (Lipinski definition) is 0. The van der Waals surface area contributed by atoms with E-state index in [4.69, 9.17) is 9.47 Å². The van der Waals surface area contributed by atoms with Gasteiger partial charge in [0, 0.05) is 37.6 Å². The van der Waals surface area contributed by atoms with E-state index in [2.05, 4.69) is 11.5 Å². The summed E-state index contributed by atoms with van der Waals surface area (Å²) in [5, 5.41) is 9.42. The highest BCUT2D eigenvalue weighted by atomic mass is 16.5. The van der Waals surface area contributed by atoms with Crippen LogP contribution in [0.1, 0.15) is 49.6 Å². The van der Waals surface area contributed by atoms with Crippen molar-refractivity contribution in [2.45, 2.75) is 59.0 Å². The van der Waals surface area contributed by atoms with Gasteiger partial charge in [0.05, 0.1) is 6.61 Å². The van der Waals surface area contributed by atoms with Gasteiger partial charge in [0.2, 0.25) is 0 Å². The number of ether oxygens (including phenoxy) is 2. The Hall–Kier alpha value is -2.59. The van der Waals surface area contributed by atoms with E-state index in [-0.39, 0.29) is 24.1 Å². The van der Waals surface area contributed by atoms with Crippen molar-refractivity contribution >= 4 is 18.0 Å². The van der Waals surface area contributed by atoms with Gasteiger partial charge in [-0.15, -0.1) is 0 Å². The van der Waals surface area contributed by atoms with Gasteiger partial charge >= 0.3 is 5.97 Å². The fourth-order valence-electron chi connectivity index (χ4n) is 3.83. The Bertz CT molecular complexity index is 804. The second-order valence-corrected chi connectivity index (χ2v) is 7.36. The van der Waals surface area contributed by atoms with Crippen LogP contribution >= 0.6 is 0 Å². The number of hydrogen-bond acceptors (Lipinski definition) is 5. The van der Waals surface area contributed by atoms with Crippen LogP contribution in [0.2, 0.25) is 0 Å². The number of aromatic nitrogens is 1. The van der Waals surface area contributed by atoms with Gasteiger partial charge in [-0.2, -0.15) is 5.26 Å². The number of nitriles is 1. The highest BCUT2D eigenvalue weighted by Crippen LogP contribution is 2.20. The Kier molecular flexibility index (Phi) is 8.47. The molecule has 7 nitrogen and oxygen atoms in total. The van der Waals surface area contributed by atoms with Gasteiger partial charge in [0.25, 0.3) is 5.91 Å². The first-order valence-electron chi connectivity index (χ1n) is 10.2. The molecule has 1 fully saturated rings. The minimum absolute atomic E-state index is 0.115. The predicted octanol–water partition coefficient (Wildman–Crippen LogP) is 2.99. The van der Waals surface area contributed by atoms with E-state index in [1.165, 1.54) is 6.08 Å². The molecule has 1 aliphatic heterocycles. The van der Waals surface area contributed by atoms with Crippen LogP contribution in [-0.2, 0) is 25.6 Å². The van der Waals surface area contributed by atoms with Crippen LogP contribution in [0.5, 0.6) is 0 Å². The molecule has 1 atom stereocenters. The van der Waals surface area contributed by atoms with Gasteiger partial charge in [-0.3, -0.25) is 4.79 Å². The molecule has 2 heterocycles. The van der Waals surface area contributed by atoms with E-state index in [0.29, 0.717) is 19.7 Å². The number of amides is 1. The second kappa shape index (κ2) is 10.8. The number of esters is 1. The normalized spacial score (nSPS) is 17.1. The molecule has 1 saturated heterocycles. The lowest BCUT2D eigenvalue weighted by atomic mass is 10.00. The van der Waals surface area contributed by atoms with Crippen molar-refractivity contribution in [2.75, 3.05) is 26.9 Å². The lowest BCUT2D eigenvalue weighted by Gasteiger charge is -2.35. The summed E-state index contributed by atoms with van der Waals surface area (Å²) in [6, 6.07) is 4.02. The average Bonchev–Trinajstić information content (AvgIpc) is 3.00. The summed E-state index contributed by atoms with van der Waals surface area (Å²) >= 11 is 0. The second-order valence-electron chi connectivity index (χ2n) is 7.36. The van der Waals surface area contributed by atoms with Crippen LogP contribution < -0.4 is 0 Å². The molecule has 1 aromatic heterocycles. The van der Waals surface area contributed by atoms with E-state index in [0.717, 1.165) is 42.6 Å². The fourth-order valence-corrected chi connectivity index (χ4v) is 3.83. The molecule has 7 heteroatoms. The quantitative estimate of drug-likeness (QED) is 0.380. The lowest BCUT2D eigenvalue weighted by molar-refractivity contribution is -0.150. The van der Waals surface area contributed by atoms with Crippen LogP contribution in [0.3, 0.4) is 0 Å². The highest BCUT2D eigenvalue weighted by Gasteiger charge is 2.26. The SMILES string of the molecule is CCC1CCCCN1C(=O)COC(=O)/C(C#N)=C/c1cc(C)n(CCOC)c1C. The van der Waals surface area contributed by atoms with Crippen LogP contribution in [0.25, 0.3) is 6.08 Å². The first-order valence-corrected chi connectivity index (χ1v) is 10.2. The maximum absolute atomic E-state index is 12.5. The van der Waals surface area contributed by atoms with Crippen molar-refractivity contribution in [3.8, 4) is 6.07 Å². The maximum Gasteiger partial charge on any atom is 0.349 e. The average molecular weight is 402 g/mol. The van der Waals surface area contributed by atoms with Crippen molar-refractivity contribution in [1.82, 2.24) is 9.47 Å². The topological polar surface area (TPSA) is 84.6 Å².